The summed E-state index contributed by atoms with van der Waals surface area (Å²) in [5.74, 6) is 0. The molecule has 0 amide bonds. The number of benzene rings is 1. The van der Waals surface area contributed by atoms with Crippen LogP contribution in [0.25, 0.3) is 10.8 Å². The van der Waals surface area contributed by atoms with Crippen molar-refractivity contribution < 1.29 is 71.9 Å². The van der Waals surface area contributed by atoms with Gasteiger partial charge in [-0.1, -0.05) is 50.3 Å². The molecule has 5 rings (SSSR count). The summed E-state index contributed by atoms with van der Waals surface area (Å²) in [6.07, 6.45) is 5.78. The normalized spacial score (nSPS) is 17.0. The van der Waals surface area contributed by atoms with Gasteiger partial charge in [-0.05, 0) is 87.8 Å². The molecule has 2 aromatic rings. The van der Waals surface area contributed by atoms with Crippen LogP contribution in [0.5, 0.6) is 0 Å². The first kappa shape index (κ1) is 43.3. The number of rotatable bonds is 1. The van der Waals surface area contributed by atoms with Gasteiger partial charge in [0.1, 0.15) is 0 Å². The fourth-order valence-electron chi connectivity index (χ4n) is 5.30. The maximum absolute atomic E-state index is 4.93. The molecule has 0 atom stereocenters. The molecule has 0 aliphatic heterocycles. The molecule has 0 saturated carbocycles. The van der Waals surface area contributed by atoms with Gasteiger partial charge in [-0.2, -0.15) is 28.7 Å². The molecule has 221 valence electrons. The van der Waals surface area contributed by atoms with Crippen molar-refractivity contribution in [1.82, 2.24) is 0 Å². The minimum Gasteiger partial charge on any atom is -0.168 e. The van der Waals surface area contributed by atoms with Gasteiger partial charge in [-0.25, -0.2) is 5.57 Å². The van der Waals surface area contributed by atoms with E-state index in [1.807, 2.05) is 0 Å². The molecule has 1 radical (unpaired) electrons. The van der Waals surface area contributed by atoms with E-state index in [9.17, 15) is 0 Å². The largest absolute Gasteiger partial charge is 3.00 e. The standard InChI is InChI=1S/C16H22.C10H15.C9H7.4ClH.2Zr/c1-9-7-15(13(5)11(9)3)16-8-10(2)12(4)14(16)6;1-7-6-10(4,5)9(3)8(7)2;1-2-5-9-7-3-6-8(9)4-1;;;;;;/h7-8H2,1-6H3;1-5H3;1-7H;4*1H;;/q;2*-1;;;;;+2;+3/p-4. The van der Waals surface area contributed by atoms with Gasteiger partial charge in [-0.3, -0.25) is 6.08 Å². The molecule has 0 saturated heterocycles. The zero-order valence-corrected chi connectivity index (χ0v) is 34.4. The zero-order valence-electron chi connectivity index (χ0n) is 26.5. The molecule has 41 heavy (non-hydrogen) atoms. The molecule has 0 nitrogen and oxygen atoms in total. The second-order valence-corrected chi connectivity index (χ2v) is 15.0. The van der Waals surface area contributed by atoms with Crippen LogP contribution in [-0.2, 0) is 47.1 Å². The quantitative estimate of drug-likeness (QED) is 0.305. The molecule has 6 heteroatoms. The fourth-order valence-corrected chi connectivity index (χ4v) is 5.30. The van der Waals surface area contributed by atoms with E-state index >= 15 is 0 Å². The molecular weight excluding hydrogens is 745 g/mol. The van der Waals surface area contributed by atoms with E-state index in [4.69, 9.17) is 17.0 Å². The Kier molecular flexibility index (Phi) is 20.7. The van der Waals surface area contributed by atoms with Crippen molar-refractivity contribution in [3.8, 4) is 0 Å². The summed E-state index contributed by atoms with van der Waals surface area (Å²) < 4.78 is 0. The molecule has 3 aliphatic carbocycles. The Bertz CT molecular complexity index is 1290. The van der Waals surface area contributed by atoms with Crippen molar-refractivity contribution in [2.24, 2.45) is 5.41 Å². The van der Waals surface area contributed by atoms with E-state index < -0.39 is 20.8 Å². The second-order valence-electron chi connectivity index (χ2n) is 11.2. The van der Waals surface area contributed by atoms with Crippen molar-refractivity contribution in [3.63, 3.8) is 0 Å². The Morgan fingerprint density at radius 3 is 1.44 bits per heavy atom. The first-order valence-corrected chi connectivity index (χ1v) is 19.7. The van der Waals surface area contributed by atoms with Crippen LogP contribution in [0.2, 0.25) is 0 Å². The predicted octanol–water partition coefficient (Wildman–Crippen LogP) is 6.15. The Labute approximate surface area is 300 Å². The number of halogens is 4. The van der Waals surface area contributed by atoms with Gasteiger partial charge in [0, 0.05) is 0 Å². The van der Waals surface area contributed by atoms with Gasteiger partial charge >= 0.3 is 64.1 Å². The first-order chi connectivity index (χ1) is 17.8. The maximum Gasteiger partial charge on any atom is 3.00 e. The molecular formula is C35H44Cl4Zr2-. The van der Waals surface area contributed by atoms with Crippen molar-refractivity contribution in [2.75, 3.05) is 0 Å². The average Bonchev–Trinajstić information content (AvgIpc) is 3.57. The monoisotopic (exact) mass is 784 g/mol. The number of hydrogen-bond acceptors (Lipinski definition) is 0. The molecule has 0 fully saturated rings. The van der Waals surface area contributed by atoms with Crippen molar-refractivity contribution in [1.29, 1.82) is 0 Å². The molecule has 0 bridgehead atoms. The number of allylic oxidation sites excluding steroid dienone is 12. The van der Waals surface area contributed by atoms with Crippen molar-refractivity contribution in [3.05, 3.63) is 110 Å². The van der Waals surface area contributed by atoms with E-state index in [0.29, 0.717) is 0 Å². The molecule has 0 unspecified atom stereocenters. The van der Waals surface area contributed by atoms with Gasteiger partial charge in [-0.15, -0.1) is 36.6 Å². The van der Waals surface area contributed by atoms with Crippen LogP contribution in [0.1, 0.15) is 89.0 Å². The second kappa shape index (κ2) is 19.6. The van der Waals surface area contributed by atoms with Crippen LogP contribution in [0.3, 0.4) is 0 Å². The van der Waals surface area contributed by atoms with Crippen molar-refractivity contribution >= 4 is 27.8 Å². The van der Waals surface area contributed by atoms with Crippen LogP contribution in [0, 0.1) is 11.5 Å². The van der Waals surface area contributed by atoms with Crippen LogP contribution in [-0.4, -0.2) is 0 Å². The molecule has 2 aromatic carbocycles. The summed E-state index contributed by atoms with van der Waals surface area (Å²) in [4.78, 5) is 0. The summed E-state index contributed by atoms with van der Waals surface area (Å²) in [6.45, 7) is 24.5. The number of hydrogen-bond donors (Lipinski definition) is 0. The molecule has 3 aliphatic rings. The molecule has 0 spiro atoms. The van der Waals surface area contributed by atoms with Crippen LogP contribution < -0.4 is 24.8 Å². The molecule has 0 aromatic heterocycles. The Morgan fingerprint density at radius 2 is 1.15 bits per heavy atom. The third kappa shape index (κ3) is 11.3. The van der Waals surface area contributed by atoms with Crippen LogP contribution in [0.15, 0.2) is 104 Å². The maximum atomic E-state index is 4.93. The minimum absolute atomic E-state index is 0. The SMILES string of the molecule is CC1=C(C)C(C)=C(C2=C(C)C(C)=C(C)C2)C1.CC1=[C-]C(C)(C)C(C)=C1C.[Cl-].[Cl-].[Cl][Zr][Cl].[Zr+3].c1ccc2[cH-]ccc2c1. The van der Waals surface area contributed by atoms with E-state index in [0.717, 1.165) is 0 Å². The Hall–Kier alpha value is 0.196. The van der Waals surface area contributed by atoms with E-state index in [1.165, 1.54) is 62.6 Å². The molecule has 0 heterocycles. The smallest absolute Gasteiger partial charge is 0.168 e. The summed E-state index contributed by atoms with van der Waals surface area (Å²) >= 11 is -0.826. The summed E-state index contributed by atoms with van der Waals surface area (Å²) in [7, 11) is 9.87. The zero-order chi connectivity index (χ0) is 28.8. The van der Waals surface area contributed by atoms with Gasteiger partial charge in [0.2, 0.25) is 0 Å². The fraction of sp³-hybridized carbons (Fsp3) is 0.400. The van der Waals surface area contributed by atoms with Crippen LogP contribution >= 0.6 is 17.0 Å². The Balaban J connectivity index is 0. The van der Waals surface area contributed by atoms with Gasteiger partial charge in [0.15, 0.2) is 0 Å². The van der Waals surface area contributed by atoms with E-state index in [2.05, 4.69) is 125 Å². The average molecular weight is 789 g/mol. The van der Waals surface area contributed by atoms with E-state index in [1.54, 1.807) is 22.3 Å². The van der Waals surface area contributed by atoms with E-state index in [-0.39, 0.29) is 56.4 Å². The van der Waals surface area contributed by atoms with Crippen LogP contribution in [0.4, 0.5) is 0 Å². The summed E-state index contributed by atoms with van der Waals surface area (Å²) in [5, 5.41) is 2.66. The van der Waals surface area contributed by atoms with Crippen molar-refractivity contribution in [2.45, 2.75) is 89.0 Å². The third-order valence-electron chi connectivity index (χ3n) is 8.67. The van der Waals surface area contributed by atoms with Gasteiger partial charge < -0.3 is 24.8 Å². The Morgan fingerprint density at radius 1 is 0.707 bits per heavy atom. The molecule has 0 N–H and O–H groups in total. The van der Waals surface area contributed by atoms with Gasteiger partial charge in [0.25, 0.3) is 0 Å². The predicted molar refractivity (Wildman–Crippen MR) is 167 cm³/mol. The first-order valence-electron chi connectivity index (χ1n) is 13.4. The third-order valence-corrected chi connectivity index (χ3v) is 8.67. The summed E-state index contributed by atoms with van der Waals surface area (Å²) in [5.41, 5.74) is 16.8. The topological polar surface area (TPSA) is 0 Å². The van der Waals surface area contributed by atoms with Gasteiger partial charge in [0.05, 0.1) is 0 Å². The minimum atomic E-state index is -0.826. The summed E-state index contributed by atoms with van der Waals surface area (Å²) in [6, 6.07) is 14.7. The number of fused-ring (bicyclic) bond motifs is 1.